The summed E-state index contributed by atoms with van der Waals surface area (Å²) in [4.78, 5) is 10.6. The van der Waals surface area contributed by atoms with E-state index in [1.165, 1.54) is 0 Å². The SMILES string of the molecule is CCC(C)NC(C)=CC(C)=O. The molecule has 0 aliphatic heterocycles. The number of hydrogen-bond acceptors (Lipinski definition) is 2. The van der Waals surface area contributed by atoms with Gasteiger partial charge >= 0.3 is 0 Å². The summed E-state index contributed by atoms with van der Waals surface area (Å²) in [7, 11) is 0. The van der Waals surface area contributed by atoms with Crippen molar-refractivity contribution in [3.8, 4) is 0 Å². The summed E-state index contributed by atoms with van der Waals surface area (Å²) in [6.07, 6.45) is 2.69. The van der Waals surface area contributed by atoms with Crippen molar-refractivity contribution in [1.82, 2.24) is 5.32 Å². The van der Waals surface area contributed by atoms with Crippen LogP contribution in [0.25, 0.3) is 0 Å². The number of nitrogens with one attached hydrogen (secondary N) is 1. The van der Waals surface area contributed by atoms with Crippen LogP contribution in [0.3, 0.4) is 0 Å². The Hall–Kier alpha value is -0.790. The number of hydrogen-bond donors (Lipinski definition) is 1. The van der Waals surface area contributed by atoms with Gasteiger partial charge in [-0.05, 0) is 33.3 Å². The number of ketones is 1. The molecule has 0 saturated heterocycles. The standard InChI is InChI=1S/C9H17NO/c1-5-7(2)10-8(3)6-9(4)11/h6-7,10H,5H2,1-4H3. The first-order chi connectivity index (χ1) is 5.06. The lowest BCUT2D eigenvalue weighted by Crippen LogP contribution is -2.23. The first kappa shape index (κ1) is 10.2. The van der Waals surface area contributed by atoms with Gasteiger partial charge in [0.2, 0.25) is 0 Å². The normalized spacial score (nSPS) is 14.4. The van der Waals surface area contributed by atoms with Gasteiger partial charge in [-0.15, -0.1) is 0 Å². The Kier molecular flexibility index (Phi) is 4.59. The highest BCUT2D eigenvalue weighted by atomic mass is 16.1. The molecule has 0 fully saturated rings. The van der Waals surface area contributed by atoms with Gasteiger partial charge in [0.15, 0.2) is 5.78 Å². The summed E-state index contributed by atoms with van der Waals surface area (Å²) in [5, 5.41) is 3.20. The van der Waals surface area contributed by atoms with Crippen molar-refractivity contribution in [2.45, 2.75) is 40.2 Å². The average molecular weight is 155 g/mol. The molecular weight excluding hydrogens is 138 g/mol. The predicted molar refractivity (Wildman–Crippen MR) is 47.3 cm³/mol. The van der Waals surface area contributed by atoms with Crippen LogP contribution in [0, 0.1) is 0 Å². The molecule has 0 aromatic carbocycles. The van der Waals surface area contributed by atoms with Gasteiger partial charge in [-0.3, -0.25) is 4.79 Å². The van der Waals surface area contributed by atoms with E-state index in [0.29, 0.717) is 6.04 Å². The van der Waals surface area contributed by atoms with Crippen molar-refractivity contribution in [1.29, 1.82) is 0 Å². The van der Waals surface area contributed by atoms with Crippen molar-refractivity contribution in [3.63, 3.8) is 0 Å². The largest absolute Gasteiger partial charge is 0.386 e. The van der Waals surface area contributed by atoms with Crippen LogP contribution >= 0.6 is 0 Å². The number of rotatable bonds is 4. The van der Waals surface area contributed by atoms with Gasteiger partial charge in [0.1, 0.15) is 0 Å². The lowest BCUT2D eigenvalue weighted by atomic mass is 10.2. The van der Waals surface area contributed by atoms with E-state index >= 15 is 0 Å². The summed E-state index contributed by atoms with van der Waals surface area (Å²) in [5.74, 6) is 0.0957. The highest BCUT2D eigenvalue weighted by molar-refractivity contribution is 5.87. The quantitative estimate of drug-likeness (QED) is 0.628. The van der Waals surface area contributed by atoms with Gasteiger partial charge in [-0.1, -0.05) is 6.92 Å². The molecule has 0 amide bonds. The van der Waals surface area contributed by atoms with Crippen LogP contribution < -0.4 is 5.32 Å². The Bertz CT molecular complexity index is 161. The molecule has 1 unspecified atom stereocenters. The maximum atomic E-state index is 10.6. The van der Waals surface area contributed by atoms with Gasteiger partial charge in [0.05, 0.1) is 0 Å². The molecular formula is C9H17NO. The smallest absolute Gasteiger partial charge is 0.154 e. The maximum Gasteiger partial charge on any atom is 0.154 e. The molecule has 2 heteroatoms. The Labute approximate surface area is 68.7 Å². The minimum atomic E-state index is 0.0957. The Morgan fingerprint density at radius 2 is 2.09 bits per heavy atom. The summed E-state index contributed by atoms with van der Waals surface area (Å²) in [5.41, 5.74) is 0.951. The predicted octanol–water partition coefficient (Wildman–Crippen LogP) is 1.87. The highest BCUT2D eigenvalue weighted by Gasteiger charge is 1.96. The van der Waals surface area contributed by atoms with Gasteiger partial charge in [-0.25, -0.2) is 0 Å². The molecule has 0 radical (unpaired) electrons. The second kappa shape index (κ2) is 4.94. The molecule has 0 aromatic heterocycles. The fourth-order valence-electron chi connectivity index (χ4n) is 0.837. The second-order valence-electron chi connectivity index (χ2n) is 2.89. The van der Waals surface area contributed by atoms with Crippen LogP contribution in [-0.2, 0) is 4.79 Å². The first-order valence-corrected chi connectivity index (χ1v) is 4.01. The highest BCUT2D eigenvalue weighted by Crippen LogP contribution is 1.94. The fourth-order valence-corrected chi connectivity index (χ4v) is 0.837. The summed E-state index contributed by atoms with van der Waals surface area (Å²) < 4.78 is 0. The molecule has 0 aromatic rings. The van der Waals surface area contributed by atoms with E-state index in [2.05, 4.69) is 19.2 Å². The van der Waals surface area contributed by atoms with Gasteiger partial charge in [-0.2, -0.15) is 0 Å². The second-order valence-corrected chi connectivity index (χ2v) is 2.89. The molecule has 0 aliphatic carbocycles. The van der Waals surface area contributed by atoms with Crippen molar-refractivity contribution in [2.24, 2.45) is 0 Å². The Morgan fingerprint density at radius 1 is 1.55 bits per heavy atom. The van der Waals surface area contributed by atoms with Crippen molar-refractivity contribution < 1.29 is 4.79 Å². The van der Waals surface area contributed by atoms with Gasteiger partial charge in [0.25, 0.3) is 0 Å². The molecule has 1 N–H and O–H groups in total. The van der Waals surface area contributed by atoms with E-state index in [1.807, 2.05) is 6.92 Å². The Balaban J connectivity index is 3.85. The van der Waals surface area contributed by atoms with E-state index < -0.39 is 0 Å². The summed E-state index contributed by atoms with van der Waals surface area (Å²) in [6.45, 7) is 7.67. The van der Waals surface area contributed by atoms with E-state index in [4.69, 9.17) is 0 Å². The zero-order valence-electron chi connectivity index (χ0n) is 7.77. The maximum absolute atomic E-state index is 10.6. The fraction of sp³-hybridized carbons (Fsp3) is 0.667. The minimum Gasteiger partial charge on any atom is -0.386 e. The van der Waals surface area contributed by atoms with Crippen LogP contribution in [0.5, 0.6) is 0 Å². The monoisotopic (exact) mass is 155 g/mol. The molecule has 0 bridgehead atoms. The van der Waals surface area contributed by atoms with E-state index in [1.54, 1.807) is 13.0 Å². The molecule has 0 rings (SSSR count). The van der Waals surface area contributed by atoms with Crippen molar-refractivity contribution >= 4 is 5.78 Å². The molecule has 0 spiro atoms. The third-order valence-electron chi connectivity index (χ3n) is 1.51. The van der Waals surface area contributed by atoms with E-state index in [0.717, 1.165) is 12.1 Å². The molecule has 0 heterocycles. The molecule has 64 valence electrons. The molecule has 1 atom stereocenters. The van der Waals surface area contributed by atoms with E-state index in [9.17, 15) is 4.79 Å². The zero-order chi connectivity index (χ0) is 8.85. The molecule has 0 saturated carbocycles. The number of allylic oxidation sites excluding steroid dienone is 2. The van der Waals surface area contributed by atoms with Crippen LogP contribution in [0.4, 0.5) is 0 Å². The van der Waals surface area contributed by atoms with Gasteiger partial charge < -0.3 is 5.32 Å². The van der Waals surface area contributed by atoms with Crippen molar-refractivity contribution in [3.05, 3.63) is 11.8 Å². The van der Waals surface area contributed by atoms with E-state index in [-0.39, 0.29) is 5.78 Å². The lowest BCUT2D eigenvalue weighted by Gasteiger charge is -2.12. The third kappa shape index (κ3) is 5.64. The van der Waals surface area contributed by atoms with Crippen LogP contribution in [-0.4, -0.2) is 11.8 Å². The molecule has 2 nitrogen and oxygen atoms in total. The van der Waals surface area contributed by atoms with Gasteiger partial charge in [0, 0.05) is 11.7 Å². The zero-order valence-corrected chi connectivity index (χ0v) is 7.77. The molecule has 0 aliphatic rings. The number of carbonyl (C=O) groups is 1. The molecule has 11 heavy (non-hydrogen) atoms. The lowest BCUT2D eigenvalue weighted by molar-refractivity contribution is -0.112. The minimum absolute atomic E-state index is 0.0957. The van der Waals surface area contributed by atoms with Crippen molar-refractivity contribution in [2.75, 3.05) is 0 Å². The Morgan fingerprint density at radius 3 is 2.45 bits per heavy atom. The number of carbonyl (C=O) groups excluding carboxylic acids is 1. The van der Waals surface area contributed by atoms with Crippen LogP contribution in [0.1, 0.15) is 34.1 Å². The third-order valence-corrected chi connectivity index (χ3v) is 1.51. The van der Waals surface area contributed by atoms with Crippen LogP contribution in [0.15, 0.2) is 11.8 Å². The topological polar surface area (TPSA) is 29.1 Å². The average Bonchev–Trinajstić information content (AvgIpc) is 1.85. The summed E-state index contributed by atoms with van der Waals surface area (Å²) >= 11 is 0. The van der Waals surface area contributed by atoms with Crippen LogP contribution in [0.2, 0.25) is 0 Å². The summed E-state index contributed by atoms with van der Waals surface area (Å²) in [6, 6.07) is 0.450. The first-order valence-electron chi connectivity index (χ1n) is 4.01.